The Balaban J connectivity index is 2.28. The van der Waals surface area contributed by atoms with Crippen molar-refractivity contribution in [2.45, 2.75) is 24.4 Å². The van der Waals surface area contributed by atoms with Crippen LogP contribution in [0.1, 0.15) is 24.1 Å². The molecule has 0 radical (unpaired) electrons. The van der Waals surface area contributed by atoms with Gasteiger partial charge in [0.25, 0.3) is 0 Å². The van der Waals surface area contributed by atoms with Gasteiger partial charge in [0, 0.05) is 12.6 Å². The summed E-state index contributed by atoms with van der Waals surface area (Å²) < 4.78 is 27.7. The number of benzene rings is 1. The molecule has 0 aliphatic heterocycles. The van der Waals surface area contributed by atoms with Crippen molar-refractivity contribution < 1.29 is 8.42 Å². The molecule has 7 heteroatoms. The van der Waals surface area contributed by atoms with Gasteiger partial charge in [0.05, 0.1) is 5.02 Å². The van der Waals surface area contributed by atoms with E-state index in [0.717, 1.165) is 11.1 Å². The van der Waals surface area contributed by atoms with Gasteiger partial charge in [-0.15, -0.1) is 0 Å². The smallest absolute Gasteiger partial charge is 0.242 e. The lowest BCUT2D eigenvalue weighted by Crippen LogP contribution is -2.27. The molecule has 0 aliphatic carbocycles. The van der Waals surface area contributed by atoms with Gasteiger partial charge in [-0.3, -0.25) is 0 Å². The second-order valence-electron chi connectivity index (χ2n) is 4.69. The van der Waals surface area contributed by atoms with Gasteiger partial charge in [-0.25, -0.2) is 13.1 Å². The Morgan fingerprint density at radius 1 is 1.33 bits per heavy atom. The van der Waals surface area contributed by atoms with E-state index < -0.39 is 10.0 Å². The number of hydrogen-bond donors (Lipinski definition) is 2. The highest BCUT2D eigenvalue weighted by Crippen LogP contribution is 2.25. The van der Waals surface area contributed by atoms with Crippen LogP contribution in [0, 0.1) is 0 Å². The Bertz CT molecular complexity index is 700. The molecule has 1 atom stereocenters. The maximum absolute atomic E-state index is 12.5. The number of rotatable bonds is 6. The van der Waals surface area contributed by atoms with Crippen LogP contribution in [0.5, 0.6) is 0 Å². The van der Waals surface area contributed by atoms with Crippen LogP contribution in [-0.4, -0.2) is 15.5 Å². The van der Waals surface area contributed by atoms with E-state index in [9.17, 15) is 8.42 Å². The molecule has 0 saturated carbocycles. The lowest BCUT2D eigenvalue weighted by atomic mass is 10.2. The van der Waals surface area contributed by atoms with Gasteiger partial charge in [0.1, 0.15) is 4.90 Å². The first kappa shape index (κ1) is 16.5. The molecule has 0 amide bonds. The van der Waals surface area contributed by atoms with Crippen LogP contribution in [0.3, 0.4) is 0 Å². The van der Waals surface area contributed by atoms with E-state index in [1.807, 2.05) is 23.8 Å². The first-order valence-corrected chi connectivity index (χ1v) is 9.22. The molecule has 2 N–H and O–H groups in total. The molecule has 1 heterocycles. The highest BCUT2D eigenvalue weighted by atomic mass is 35.5. The van der Waals surface area contributed by atoms with Crippen LogP contribution >= 0.6 is 22.9 Å². The Kier molecular flexibility index (Phi) is 5.40. The number of thiophene rings is 1. The van der Waals surface area contributed by atoms with Gasteiger partial charge in [0.15, 0.2) is 0 Å². The third kappa shape index (κ3) is 4.05. The number of nitrogens with one attached hydrogen (secondary N) is 2. The van der Waals surface area contributed by atoms with Gasteiger partial charge < -0.3 is 5.32 Å². The monoisotopic (exact) mass is 344 g/mol. The van der Waals surface area contributed by atoms with Crippen LogP contribution in [0.25, 0.3) is 0 Å². The maximum Gasteiger partial charge on any atom is 0.242 e. The zero-order chi connectivity index (χ0) is 15.5. The lowest BCUT2D eigenvalue weighted by molar-refractivity contribution is 0.567. The van der Waals surface area contributed by atoms with E-state index in [0.29, 0.717) is 6.54 Å². The fourth-order valence-electron chi connectivity index (χ4n) is 1.95. The van der Waals surface area contributed by atoms with Crippen molar-refractivity contribution in [3.05, 3.63) is 51.2 Å². The van der Waals surface area contributed by atoms with E-state index in [2.05, 4.69) is 10.0 Å². The van der Waals surface area contributed by atoms with E-state index in [-0.39, 0.29) is 16.0 Å². The maximum atomic E-state index is 12.5. The molecule has 114 valence electrons. The van der Waals surface area contributed by atoms with Crippen molar-refractivity contribution in [2.24, 2.45) is 0 Å². The predicted octanol–water partition coefficient (Wildman–Crippen LogP) is 3.16. The number of sulfonamides is 1. The zero-order valence-electron chi connectivity index (χ0n) is 11.8. The SMILES string of the molecule is CNCc1ccc(Cl)c(S(=O)(=O)NC(C)c2ccsc2)c1. The Morgan fingerprint density at radius 2 is 2.10 bits per heavy atom. The second-order valence-corrected chi connectivity index (χ2v) is 7.56. The van der Waals surface area contributed by atoms with Crippen molar-refractivity contribution in [1.29, 1.82) is 0 Å². The Labute approximate surface area is 134 Å². The normalized spacial score (nSPS) is 13.3. The third-order valence-electron chi connectivity index (χ3n) is 3.04. The van der Waals surface area contributed by atoms with E-state index in [4.69, 9.17) is 11.6 Å². The predicted molar refractivity (Wildman–Crippen MR) is 87.3 cm³/mol. The van der Waals surface area contributed by atoms with Gasteiger partial charge in [-0.2, -0.15) is 11.3 Å². The molecule has 0 aliphatic rings. The molecule has 1 unspecified atom stereocenters. The summed E-state index contributed by atoms with van der Waals surface area (Å²) in [6.07, 6.45) is 0. The van der Waals surface area contributed by atoms with E-state index in [1.165, 1.54) is 11.3 Å². The summed E-state index contributed by atoms with van der Waals surface area (Å²) in [4.78, 5) is 0.110. The summed E-state index contributed by atoms with van der Waals surface area (Å²) in [5.41, 5.74) is 1.80. The van der Waals surface area contributed by atoms with Crippen molar-refractivity contribution in [2.75, 3.05) is 7.05 Å². The molecule has 1 aromatic carbocycles. The fourth-order valence-corrected chi connectivity index (χ4v) is 4.49. The average molecular weight is 345 g/mol. The van der Waals surface area contributed by atoms with E-state index >= 15 is 0 Å². The standard InChI is InChI=1S/C14H17ClN2O2S2/c1-10(12-5-6-20-9-12)17-21(18,19)14-7-11(8-16-2)3-4-13(14)15/h3-7,9-10,16-17H,8H2,1-2H3. The Morgan fingerprint density at radius 3 is 2.71 bits per heavy atom. The summed E-state index contributed by atoms with van der Waals surface area (Å²) in [5, 5.41) is 7.05. The lowest BCUT2D eigenvalue weighted by Gasteiger charge is -2.15. The molecular formula is C14H17ClN2O2S2. The minimum atomic E-state index is -3.66. The number of halogens is 1. The zero-order valence-corrected chi connectivity index (χ0v) is 14.1. The van der Waals surface area contributed by atoms with Crippen LogP contribution in [0.15, 0.2) is 39.9 Å². The van der Waals surface area contributed by atoms with Crippen molar-refractivity contribution in [3.8, 4) is 0 Å². The summed E-state index contributed by atoms with van der Waals surface area (Å²) in [5.74, 6) is 0. The Hall–Kier alpha value is -0.920. The highest BCUT2D eigenvalue weighted by molar-refractivity contribution is 7.89. The topological polar surface area (TPSA) is 58.2 Å². The van der Waals surface area contributed by atoms with Crippen LogP contribution in [0.2, 0.25) is 5.02 Å². The van der Waals surface area contributed by atoms with Gasteiger partial charge in [0.2, 0.25) is 10.0 Å². The van der Waals surface area contributed by atoms with E-state index in [1.54, 1.807) is 25.2 Å². The van der Waals surface area contributed by atoms with Crippen LogP contribution in [-0.2, 0) is 16.6 Å². The molecule has 0 spiro atoms. The molecular weight excluding hydrogens is 328 g/mol. The summed E-state index contributed by atoms with van der Waals surface area (Å²) >= 11 is 7.58. The number of hydrogen-bond acceptors (Lipinski definition) is 4. The van der Waals surface area contributed by atoms with Crippen LogP contribution in [0.4, 0.5) is 0 Å². The minimum Gasteiger partial charge on any atom is -0.316 e. The summed E-state index contributed by atoms with van der Waals surface area (Å²) in [7, 11) is -1.86. The average Bonchev–Trinajstić information content (AvgIpc) is 2.94. The van der Waals surface area contributed by atoms with Crippen LogP contribution < -0.4 is 10.0 Å². The molecule has 0 saturated heterocycles. The molecule has 4 nitrogen and oxygen atoms in total. The third-order valence-corrected chi connectivity index (χ3v) is 5.76. The second kappa shape index (κ2) is 6.89. The quantitative estimate of drug-likeness (QED) is 0.846. The molecule has 2 rings (SSSR count). The van der Waals surface area contributed by atoms with Gasteiger partial charge >= 0.3 is 0 Å². The highest BCUT2D eigenvalue weighted by Gasteiger charge is 2.21. The van der Waals surface area contributed by atoms with Gasteiger partial charge in [-0.05, 0) is 54.1 Å². The minimum absolute atomic E-state index is 0.110. The molecule has 0 bridgehead atoms. The summed E-state index contributed by atoms with van der Waals surface area (Å²) in [6.45, 7) is 2.39. The first-order chi connectivity index (χ1) is 9.94. The van der Waals surface area contributed by atoms with Crippen molar-refractivity contribution in [1.82, 2.24) is 10.0 Å². The molecule has 0 fully saturated rings. The molecule has 1 aromatic heterocycles. The first-order valence-electron chi connectivity index (χ1n) is 6.41. The molecule has 2 aromatic rings. The van der Waals surface area contributed by atoms with Gasteiger partial charge in [-0.1, -0.05) is 17.7 Å². The van der Waals surface area contributed by atoms with Crippen molar-refractivity contribution in [3.63, 3.8) is 0 Å². The summed E-state index contributed by atoms with van der Waals surface area (Å²) in [6, 6.07) is 6.61. The largest absolute Gasteiger partial charge is 0.316 e. The molecule has 21 heavy (non-hydrogen) atoms. The van der Waals surface area contributed by atoms with Crippen molar-refractivity contribution >= 4 is 33.0 Å². The fraction of sp³-hybridized carbons (Fsp3) is 0.286.